The highest BCUT2D eigenvalue weighted by atomic mass is 16.5. The van der Waals surface area contributed by atoms with Crippen molar-refractivity contribution in [1.29, 1.82) is 0 Å². The summed E-state index contributed by atoms with van der Waals surface area (Å²) in [4.78, 5) is 4.55. The molecule has 0 bridgehead atoms. The van der Waals surface area contributed by atoms with Crippen molar-refractivity contribution < 1.29 is 24.4 Å². The third-order valence-electron chi connectivity index (χ3n) is 6.15. The second kappa shape index (κ2) is 10.2. The van der Waals surface area contributed by atoms with Crippen LogP contribution in [0.2, 0.25) is 0 Å². The lowest BCUT2D eigenvalue weighted by Gasteiger charge is -2.37. The zero-order valence-electron chi connectivity index (χ0n) is 19.5. The fourth-order valence-electron chi connectivity index (χ4n) is 4.40. The Kier molecular flexibility index (Phi) is 7.11. The maximum atomic E-state index is 10.6. The van der Waals surface area contributed by atoms with Crippen molar-refractivity contribution in [3.05, 3.63) is 54.1 Å². The van der Waals surface area contributed by atoms with E-state index in [1.807, 2.05) is 49.4 Å². The zero-order chi connectivity index (χ0) is 23.4. The van der Waals surface area contributed by atoms with E-state index in [2.05, 4.69) is 9.80 Å². The van der Waals surface area contributed by atoms with Gasteiger partial charge < -0.3 is 29.3 Å². The summed E-state index contributed by atoms with van der Waals surface area (Å²) < 4.78 is 16.9. The smallest absolute Gasteiger partial charge is 0.145 e. The van der Waals surface area contributed by atoms with Gasteiger partial charge in [0.1, 0.15) is 35.7 Å². The van der Waals surface area contributed by atoms with Crippen LogP contribution < -0.4 is 19.1 Å². The minimum absolute atomic E-state index is 0.197. The van der Waals surface area contributed by atoms with E-state index in [0.717, 1.165) is 59.7 Å². The predicted molar refractivity (Wildman–Crippen MR) is 130 cm³/mol. The Morgan fingerprint density at radius 1 is 0.939 bits per heavy atom. The fourth-order valence-corrected chi connectivity index (χ4v) is 4.40. The Morgan fingerprint density at radius 3 is 2.36 bits per heavy atom. The Bertz CT molecular complexity index is 1100. The highest BCUT2D eigenvalue weighted by molar-refractivity contribution is 5.94. The molecule has 0 aliphatic carbocycles. The molecular formula is C26H32N2O5. The number of ether oxygens (including phenoxy) is 3. The number of aryl methyl sites for hydroxylation is 1. The minimum Gasteiger partial charge on any atom is -0.507 e. The van der Waals surface area contributed by atoms with Crippen LogP contribution in [-0.4, -0.2) is 74.8 Å². The molecule has 0 amide bonds. The number of nitrogens with zero attached hydrogens (tertiary/aromatic N) is 2. The van der Waals surface area contributed by atoms with Gasteiger partial charge in [-0.25, -0.2) is 0 Å². The molecule has 4 rings (SSSR count). The molecule has 1 saturated heterocycles. The fraction of sp³-hybridized carbons (Fsp3) is 0.385. The molecular weight excluding hydrogens is 420 g/mol. The van der Waals surface area contributed by atoms with Crippen LogP contribution in [-0.2, 0) is 0 Å². The number of aromatic hydroxyl groups is 1. The predicted octanol–water partition coefficient (Wildman–Crippen LogP) is 3.43. The molecule has 1 atom stereocenters. The van der Waals surface area contributed by atoms with Gasteiger partial charge in [-0.2, -0.15) is 0 Å². The molecule has 0 radical (unpaired) electrons. The maximum absolute atomic E-state index is 10.6. The lowest BCUT2D eigenvalue weighted by Crippen LogP contribution is -2.49. The first-order valence-electron chi connectivity index (χ1n) is 11.2. The average Bonchev–Trinajstić information content (AvgIpc) is 2.84. The van der Waals surface area contributed by atoms with Gasteiger partial charge in [0.2, 0.25) is 0 Å². The first-order chi connectivity index (χ1) is 16.0. The second-order valence-corrected chi connectivity index (χ2v) is 8.38. The van der Waals surface area contributed by atoms with E-state index < -0.39 is 6.10 Å². The number of rotatable bonds is 8. The number of hydrogen-bond donors (Lipinski definition) is 2. The van der Waals surface area contributed by atoms with Gasteiger partial charge in [0.25, 0.3) is 0 Å². The van der Waals surface area contributed by atoms with Gasteiger partial charge in [-0.05, 0) is 30.7 Å². The molecule has 7 nitrogen and oxygen atoms in total. The van der Waals surface area contributed by atoms with Gasteiger partial charge in [-0.3, -0.25) is 4.90 Å². The van der Waals surface area contributed by atoms with Gasteiger partial charge >= 0.3 is 0 Å². The maximum Gasteiger partial charge on any atom is 0.145 e. The SMILES string of the molecule is COc1ccc(N2CCN(CC(O)COc3c(C)cc(O)c4ccccc34)CC2)c(OC)c1. The average molecular weight is 453 g/mol. The minimum atomic E-state index is -0.612. The van der Waals surface area contributed by atoms with Gasteiger partial charge in [-0.1, -0.05) is 24.3 Å². The number of phenols is 1. The van der Waals surface area contributed by atoms with E-state index in [-0.39, 0.29) is 12.4 Å². The van der Waals surface area contributed by atoms with Crippen molar-refractivity contribution in [3.8, 4) is 23.0 Å². The third kappa shape index (κ3) is 5.10. The van der Waals surface area contributed by atoms with E-state index >= 15 is 0 Å². The summed E-state index contributed by atoms with van der Waals surface area (Å²) in [6, 6.07) is 15.2. The monoisotopic (exact) mass is 452 g/mol. The number of aliphatic hydroxyl groups is 1. The molecule has 176 valence electrons. The first kappa shape index (κ1) is 23.0. The molecule has 1 fully saturated rings. The summed E-state index contributed by atoms with van der Waals surface area (Å²) in [5.41, 5.74) is 1.90. The molecule has 0 saturated carbocycles. The molecule has 3 aromatic rings. The van der Waals surface area contributed by atoms with Crippen molar-refractivity contribution in [2.24, 2.45) is 0 Å². The van der Waals surface area contributed by atoms with E-state index in [4.69, 9.17) is 14.2 Å². The van der Waals surface area contributed by atoms with Crippen molar-refractivity contribution >= 4 is 16.5 Å². The zero-order valence-corrected chi connectivity index (χ0v) is 19.5. The number of piperazine rings is 1. The third-order valence-corrected chi connectivity index (χ3v) is 6.15. The summed E-state index contributed by atoms with van der Waals surface area (Å²) in [6.07, 6.45) is -0.612. The number of hydrogen-bond acceptors (Lipinski definition) is 7. The Balaban J connectivity index is 1.33. The molecule has 1 aliphatic rings. The van der Waals surface area contributed by atoms with Crippen molar-refractivity contribution in [2.75, 3.05) is 58.5 Å². The van der Waals surface area contributed by atoms with E-state index in [1.54, 1.807) is 20.3 Å². The van der Waals surface area contributed by atoms with Crippen molar-refractivity contribution in [3.63, 3.8) is 0 Å². The molecule has 33 heavy (non-hydrogen) atoms. The summed E-state index contributed by atoms with van der Waals surface area (Å²) in [6.45, 7) is 6.02. The lowest BCUT2D eigenvalue weighted by atomic mass is 10.0. The van der Waals surface area contributed by atoms with Crippen LogP contribution in [0.4, 0.5) is 5.69 Å². The van der Waals surface area contributed by atoms with Crippen molar-refractivity contribution in [1.82, 2.24) is 4.90 Å². The van der Waals surface area contributed by atoms with Gasteiger partial charge in [0.05, 0.1) is 19.9 Å². The van der Waals surface area contributed by atoms with Crippen LogP contribution in [0.25, 0.3) is 10.8 Å². The normalized spacial score (nSPS) is 15.5. The van der Waals surface area contributed by atoms with Crippen LogP contribution in [0, 0.1) is 6.92 Å². The molecule has 0 spiro atoms. The second-order valence-electron chi connectivity index (χ2n) is 8.38. The van der Waals surface area contributed by atoms with E-state index in [0.29, 0.717) is 12.3 Å². The molecule has 3 aromatic carbocycles. The van der Waals surface area contributed by atoms with Gasteiger partial charge in [0.15, 0.2) is 0 Å². The number of methoxy groups -OCH3 is 2. The lowest BCUT2D eigenvalue weighted by molar-refractivity contribution is 0.0666. The van der Waals surface area contributed by atoms with Crippen molar-refractivity contribution in [2.45, 2.75) is 13.0 Å². The molecule has 1 heterocycles. The molecule has 1 unspecified atom stereocenters. The van der Waals surface area contributed by atoms with Crippen LogP contribution in [0.3, 0.4) is 0 Å². The van der Waals surface area contributed by atoms with Crippen LogP contribution in [0.5, 0.6) is 23.0 Å². The highest BCUT2D eigenvalue weighted by Crippen LogP contribution is 2.36. The van der Waals surface area contributed by atoms with Gasteiger partial charge in [-0.15, -0.1) is 0 Å². The molecule has 1 aliphatic heterocycles. The molecule has 2 N–H and O–H groups in total. The summed E-state index contributed by atoms with van der Waals surface area (Å²) in [7, 11) is 3.32. The first-order valence-corrected chi connectivity index (χ1v) is 11.2. The molecule has 0 aromatic heterocycles. The summed E-state index contributed by atoms with van der Waals surface area (Å²) in [5, 5.41) is 22.4. The summed E-state index contributed by atoms with van der Waals surface area (Å²) >= 11 is 0. The quantitative estimate of drug-likeness (QED) is 0.542. The Hall–Kier alpha value is -3.16. The number of anilines is 1. The number of fused-ring (bicyclic) bond motifs is 1. The Morgan fingerprint density at radius 2 is 1.67 bits per heavy atom. The largest absolute Gasteiger partial charge is 0.507 e. The highest BCUT2D eigenvalue weighted by Gasteiger charge is 2.22. The Labute approximate surface area is 194 Å². The van der Waals surface area contributed by atoms with Crippen LogP contribution >= 0.6 is 0 Å². The standard InChI is InChI=1S/C26H32N2O5/c1-18-14-24(30)21-6-4-5-7-22(21)26(18)33-17-19(29)16-27-10-12-28(13-11-27)23-9-8-20(31-2)15-25(23)32-3/h4-9,14-15,19,29-30H,10-13,16-17H2,1-3H3. The van der Waals surface area contributed by atoms with Crippen LogP contribution in [0.15, 0.2) is 48.5 Å². The molecule has 7 heteroatoms. The summed E-state index contributed by atoms with van der Waals surface area (Å²) in [5.74, 6) is 2.52. The number of phenolic OH excluding ortho intramolecular Hbond substituents is 1. The topological polar surface area (TPSA) is 74.6 Å². The van der Waals surface area contributed by atoms with Crippen LogP contribution in [0.1, 0.15) is 5.56 Å². The van der Waals surface area contributed by atoms with E-state index in [9.17, 15) is 10.2 Å². The van der Waals surface area contributed by atoms with E-state index in [1.165, 1.54) is 0 Å². The number of aliphatic hydroxyl groups excluding tert-OH is 1. The number of β-amino-alcohol motifs (C(OH)–C–C–N with tert-alkyl or cyclic N) is 1. The van der Waals surface area contributed by atoms with Gasteiger partial charge in [0, 0.05) is 49.6 Å². The number of benzene rings is 3.